The van der Waals surface area contributed by atoms with Crippen LogP contribution >= 0.6 is 0 Å². The highest BCUT2D eigenvalue weighted by Crippen LogP contribution is 2.33. The van der Waals surface area contributed by atoms with Gasteiger partial charge in [0.25, 0.3) is 0 Å². The van der Waals surface area contributed by atoms with Crippen molar-refractivity contribution in [2.75, 3.05) is 0 Å². The van der Waals surface area contributed by atoms with Crippen LogP contribution in [0.2, 0.25) is 0 Å². The van der Waals surface area contributed by atoms with Gasteiger partial charge in [-0.1, -0.05) is 23.8 Å². The molecule has 0 saturated heterocycles. The summed E-state index contributed by atoms with van der Waals surface area (Å²) >= 11 is 0. The maximum atomic E-state index is 11.5. The molecule has 0 aliphatic heterocycles. The molecule has 2 aromatic carbocycles. The summed E-state index contributed by atoms with van der Waals surface area (Å²) in [6, 6.07) is 9.36. The highest BCUT2D eigenvalue weighted by Gasteiger charge is 2.18. The molecule has 0 atom stereocenters. The van der Waals surface area contributed by atoms with Crippen LogP contribution < -0.4 is 0 Å². The third-order valence-electron chi connectivity index (χ3n) is 3.73. The van der Waals surface area contributed by atoms with Crippen molar-refractivity contribution in [3.63, 3.8) is 0 Å². The zero-order valence-electron chi connectivity index (χ0n) is 12.2. The lowest BCUT2D eigenvalue weighted by Gasteiger charge is -2.10. The third kappa shape index (κ3) is 2.09. The second kappa shape index (κ2) is 4.74. The predicted molar refractivity (Wildman–Crippen MR) is 82.7 cm³/mol. The molecular weight excluding hydrogens is 264 g/mol. The first-order valence-electron chi connectivity index (χ1n) is 6.77. The van der Waals surface area contributed by atoms with Crippen molar-refractivity contribution in [1.82, 2.24) is 10.2 Å². The van der Waals surface area contributed by atoms with Gasteiger partial charge in [-0.2, -0.15) is 5.10 Å². The molecule has 0 saturated carbocycles. The van der Waals surface area contributed by atoms with Crippen molar-refractivity contribution in [2.24, 2.45) is 0 Å². The smallest absolute Gasteiger partial charge is 0.336 e. The Bertz CT molecular complexity index is 839. The number of aromatic carboxylic acids is 1. The van der Waals surface area contributed by atoms with Crippen molar-refractivity contribution in [1.29, 1.82) is 0 Å². The van der Waals surface area contributed by atoms with Gasteiger partial charge in [-0.15, -0.1) is 0 Å². The minimum Gasteiger partial charge on any atom is -0.478 e. The number of hydrogen-bond acceptors (Lipinski definition) is 2. The van der Waals surface area contributed by atoms with E-state index in [0.29, 0.717) is 11.1 Å². The maximum absolute atomic E-state index is 11.5. The average Bonchev–Trinajstić information content (AvgIpc) is 2.81. The Kier molecular flexibility index (Phi) is 3.01. The minimum absolute atomic E-state index is 0.274. The van der Waals surface area contributed by atoms with E-state index >= 15 is 0 Å². The Morgan fingerprint density at radius 2 is 1.81 bits per heavy atom. The standard InChI is InChI=1S/C17H16N2O2/c1-9-7-10(2)14(11(3)8-9)16-15-12(17(20)21)5-4-6-13(15)18-19-16/h4-8H,1-3H3,(H,18,19)(H,20,21). The summed E-state index contributed by atoms with van der Waals surface area (Å²) in [6.45, 7) is 6.10. The van der Waals surface area contributed by atoms with Crippen LogP contribution in [0.25, 0.3) is 22.2 Å². The van der Waals surface area contributed by atoms with Crippen LogP contribution in [0.5, 0.6) is 0 Å². The molecule has 3 rings (SSSR count). The van der Waals surface area contributed by atoms with Gasteiger partial charge in [0.05, 0.1) is 11.1 Å². The number of carboxylic acid groups (broad SMARTS) is 1. The molecule has 2 N–H and O–H groups in total. The third-order valence-corrected chi connectivity index (χ3v) is 3.73. The lowest BCUT2D eigenvalue weighted by molar-refractivity contribution is 0.0699. The summed E-state index contributed by atoms with van der Waals surface area (Å²) in [7, 11) is 0. The van der Waals surface area contributed by atoms with Gasteiger partial charge < -0.3 is 5.11 Å². The molecule has 0 unspecified atom stereocenters. The van der Waals surface area contributed by atoms with E-state index in [0.717, 1.165) is 22.2 Å². The molecule has 106 valence electrons. The SMILES string of the molecule is Cc1cc(C)c(-c2n[nH]c3cccc(C(=O)O)c23)c(C)c1. The molecule has 0 aliphatic rings. The number of nitrogens with one attached hydrogen (secondary N) is 1. The highest BCUT2D eigenvalue weighted by molar-refractivity contribution is 6.08. The van der Waals surface area contributed by atoms with E-state index in [9.17, 15) is 9.90 Å². The van der Waals surface area contributed by atoms with Gasteiger partial charge in [0.1, 0.15) is 5.69 Å². The molecule has 0 fully saturated rings. The Morgan fingerprint density at radius 1 is 1.14 bits per heavy atom. The highest BCUT2D eigenvalue weighted by atomic mass is 16.4. The number of carboxylic acids is 1. The first kappa shape index (κ1) is 13.4. The maximum Gasteiger partial charge on any atom is 0.336 e. The van der Waals surface area contributed by atoms with E-state index in [1.54, 1.807) is 12.1 Å². The van der Waals surface area contributed by atoms with Crippen molar-refractivity contribution in [3.05, 3.63) is 52.6 Å². The van der Waals surface area contributed by atoms with Crippen molar-refractivity contribution < 1.29 is 9.90 Å². The van der Waals surface area contributed by atoms with Gasteiger partial charge in [0.15, 0.2) is 0 Å². The number of aryl methyl sites for hydroxylation is 3. The number of fused-ring (bicyclic) bond motifs is 1. The minimum atomic E-state index is -0.939. The summed E-state index contributed by atoms with van der Waals surface area (Å²) in [5.74, 6) is -0.939. The second-order valence-corrected chi connectivity index (χ2v) is 5.38. The number of hydrogen-bond donors (Lipinski definition) is 2. The van der Waals surface area contributed by atoms with Crippen LogP contribution in [0.4, 0.5) is 0 Å². The van der Waals surface area contributed by atoms with Gasteiger partial charge in [-0.25, -0.2) is 4.79 Å². The molecule has 0 aliphatic carbocycles. The number of aromatic amines is 1. The Morgan fingerprint density at radius 3 is 2.43 bits per heavy atom. The van der Waals surface area contributed by atoms with Gasteiger partial charge in [0, 0.05) is 10.9 Å². The lowest BCUT2D eigenvalue weighted by Crippen LogP contribution is -1.98. The van der Waals surface area contributed by atoms with E-state index < -0.39 is 5.97 Å². The van der Waals surface area contributed by atoms with E-state index in [4.69, 9.17) is 0 Å². The molecule has 0 bridgehead atoms. The summed E-state index contributed by atoms with van der Waals surface area (Å²) in [4.78, 5) is 11.5. The fraction of sp³-hybridized carbons (Fsp3) is 0.176. The number of aromatic nitrogens is 2. The zero-order chi connectivity index (χ0) is 15.1. The molecule has 4 heteroatoms. The largest absolute Gasteiger partial charge is 0.478 e. The Labute approximate surface area is 122 Å². The van der Waals surface area contributed by atoms with Crippen LogP contribution in [0, 0.1) is 20.8 Å². The van der Waals surface area contributed by atoms with Gasteiger partial charge in [-0.3, -0.25) is 5.10 Å². The second-order valence-electron chi connectivity index (χ2n) is 5.38. The van der Waals surface area contributed by atoms with Crippen molar-refractivity contribution in [3.8, 4) is 11.3 Å². The fourth-order valence-electron chi connectivity index (χ4n) is 2.99. The number of benzene rings is 2. The molecule has 4 nitrogen and oxygen atoms in total. The van der Waals surface area contributed by atoms with E-state index in [1.165, 1.54) is 5.56 Å². The van der Waals surface area contributed by atoms with Gasteiger partial charge in [-0.05, 0) is 44.0 Å². The molecule has 3 aromatic rings. The number of H-pyrrole nitrogens is 1. The quantitative estimate of drug-likeness (QED) is 0.749. The molecule has 1 heterocycles. The molecule has 0 radical (unpaired) electrons. The van der Waals surface area contributed by atoms with Crippen LogP contribution in [-0.2, 0) is 0 Å². The lowest BCUT2D eigenvalue weighted by atomic mass is 9.94. The van der Waals surface area contributed by atoms with Crippen LogP contribution in [0.1, 0.15) is 27.0 Å². The van der Waals surface area contributed by atoms with Crippen LogP contribution in [0.15, 0.2) is 30.3 Å². The monoisotopic (exact) mass is 280 g/mol. The van der Waals surface area contributed by atoms with Crippen LogP contribution in [-0.4, -0.2) is 21.3 Å². The number of rotatable bonds is 2. The molecular formula is C17H16N2O2. The van der Waals surface area contributed by atoms with Gasteiger partial charge >= 0.3 is 5.97 Å². The number of carbonyl (C=O) groups is 1. The summed E-state index contributed by atoms with van der Waals surface area (Å²) < 4.78 is 0. The van der Waals surface area contributed by atoms with Gasteiger partial charge in [0.2, 0.25) is 0 Å². The first-order chi connectivity index (χ1) is 9.99. The molecule has 0 spiro atoms. The summed E-state index contributed by atoms with van der Waals surface area (Å²) in [5, 5.41) is 17.4. The normalized spacial score (nSPS) is 11.0. The first-order valence-corrected chi connectivity index (χ1v) is 6.77. The Balaban J connectivity index is 2.39. The number of nitrogens with zero attached hydrogens (tertiary/aromatic N) is 1. The molecule has 0 amide bonds. The topological polar surface area (TPSA) is 66.0 Å². The van der Waals surface area contributed by atoms with E-state index in [1.807, 2.05) is 19.9 Å². The summed E-state index contributed by atoms with van der Waals surface area (Å²) in [6.07, 6.45) is 0. The fourth-order valence-corrected chi connectivity index (χ4v) is 2.99. The Hall–Kier alpha value is -2.62. The summed E-state index contributed by atoms with van der Waals surface area (Å²) in [5.41, 5.74) is 6.10. The van der Waals surface area contributed by atoms with E-state index in [2.05, 4.69) is 29.3 Å². The predicted octanol–water partition coefficient (Wildman–Crippen LogP) is 3.85. The van der Waals surface area contributed by atoms with Crippen molar-refractivity contribution in [2.45, 2.75) is 20.8 Å². The zero-order valence-corrected chi connectivity index (χ0v) is 12.2. The molecule has 1 aromatic heterocycles. The van der Waals surface area contributed by atoms with E-state index in [-0.39, 0.29) is 5.56 Å². The van der Waals surface area contributed by atoms with Crippen LogP contribution in [0.3, 0.4) is 0 Å². The average molecular weight is 280 g/mol. The molecule has 21 heavy (non-hydrogen) atoms. The van der Waals surface area contributed by atoms with Crippen molar-refractivity contribution >= 4 is 16.9 Å².